The maximum Gasteiger partial charge on any atom is 0.195 e. The van der Waals surface area contributed by atoms with Gasteiger partial charge in [-0.1, -0.05) is 20.3 Å². The van der Waals surface area contributed by atoms with Crippen LogP contribution < -0.4 is 0 Å². The summed E-state index contributed by atoms with van der Waals surface area (Å²) < 4.78 is 2.92. The summed E-state index contributed by atoms with van der Waals surface area (Å²) in [7, 11) is 0. The summed E-state index contributed by atoms with van der Waals surface area (Å²) in [6, 6.07) is 4.41. The fourth-order valence-electron chi connectivity index (χ4n) is 3.48. The van der Waals surface area contributed by atoms with E-state index in [1.807, 2.05) is 18.3 Å². The molecule has 1 N–H and O–H groups in total. The first-order chi connectivity index (χ1) is 9.72. The van der Waals surface area contributed by atoms with Crippen LogP contribution in [0.3, 0.4) is 0 Å². The third-order valence-electron chi connectivity index (χ3n) is 4.66. The van der Waals surface area contributed by atoms with Crippen LogP contribution in [0.15, 0.2) is 24.5 Å². The molecule has 106 valence electrons. The Bertz CT molecular complexity index is 631. The molecule has 2 aromatic rings. The van der Waals surface area contributed by atoms with Crippen molar-refractivity contribution < 1.29 is 0 Å². The number of aromatic amines is 1. The molecule has 0 bridgehead atoms. The van der Waals surface area contributed by atoms with Gasteiger partial charge in [-0.25, -0.2) is 0 Å². The molecule has 0 radical (unpaired) electrons. The van der Waals surface area contributed by atoms with Gasteiger partial charge >= 0.3 is 0 Å². The summed E-state index contributed by atoms with van der Waals surface area (Å²) in [5.74, 6) is 2.34. The zero-order chi connectivity index (χ0) is 14.1. The van der Waals surface area contributed by atoms with E-state index < -0.39 is 0 Å². The second kappa shape index (κ2) is 5.48. The molecule has 0 saturated heterocycles. The normalized spacial score (nSPS) is 26.0. The van der Waals surface area contributed by atoms with Gasteiger partial charge in [0.2, 0.25) is 0 Å². The van der Waals surface area contributed by atoms with Crippen molar-refractivity contribution in [2.75, 3.05) is 0 Å². The standard InChI is InChI=1S/C15H20N4S/c1-3-11-6-7-13(10(11)2)19-14(17-18-15(19)20)12-5-4-8-16-9-12/h4-5,8-11,13H,3,6-7H2,1-2H3,(H,18,20). The van der Waals surface area contributed by atoms with Crippen molar-refractivity contribution in [1.82, 2.24) is 19.7 Å². The Kier molecular flexibility index (Phi) is 3.70. The number of nitrogens with one attached hydrogen (secondary N) is 1. The van der Waals surface area contributed by atoms with Crippen LogP contribution in [-0.4, -0.2) is 19.7 Å². The topological polar surface area (TPSA) is 46.5 Å². The van der Waals surface area contributed by atoms with Crippen molar-refractivity contribution >= 4 is 12.2 Å². The van der Waals surface area contributed by atoms with Crippen molar-refractivity contribution in [2.45, 2.75) is 39.2 Å². The quantitative estimate of drug-likeness (QED) is 0.868. The smallest absolute Gasteiger partial charge is 0.195 e. The molecular formula is C15H20N4S. The predicted octanol–water partition coefficient (Wildman–Crippen LogP) is 4.00. The Morgan fingerprint density at radius 3 is 2.95 bits per heavy atom. The molecule has 3 unspecified atom stereocenters. The molecule has 0 amide bonds. The molecule has 2 aromatic heterocycles. The second-order valence-corrected chi connectivity index (χ2v) is 6.02. The SMILES string of the molecule is CCC1CCC(n2c(-c3cccnc3)n[nH]c2=S)C1C. The van der Waals surface area contributed by atoms with E-state index in [0.717, 1.165) is 22.1 Å². The minimum absolute atomic E-state index is 0.446. The number of pyridine rings is 1. The number of hydrogen-bond donors (Lipinski definition) is 1. The zero-order valence-electron chi connectivity index (χ0n) is 11.9. The number of hydrogen-bond acceptors (Lipinski definition) is 3. The zero-order valence-corrected chi connectivity index (χ0v) is 12.7. The average Bonchev–Trinajstić information content (AvgIpc) is 3.02. The lowest BCUT2D eigenvalue weighted by molar-refractivity contribution is 0.329. The molecule has 0 aliphatic heterocycles. The largest absolute Gasteiger partial charge is 0.297 e. The number of aromatic nitrogens is 4. The van der Waals surface area contributed by atoms with E-state index in [0.29, 0.717) is 12.0 Å². The molecule has 1 aliphatic rings. The lowest BCUT2D eigenvalue weighted by Gasteiger charge is -2.22. The van der Waals surface area contributed by atoms with Crippen molar-refractivity contribution in [3.8, 4) is 11.4 Å². The molecule has 3 atom stereocenters. The van der Waals surface area contributed by atoms with Gasteiger partial charge in [-0.2, -0.15) is 5.10 Å². The molecular weight excluding hydrogens is 268 g/mol. The Balaban J connectivity index is 2.03. The van der Waals surface area contributed by atoms with Crippen molar-refractivity contribution in [2.24, 2.45) is 11.8 Å². The predicted molar refractivity (Wildman–Crippen MR) is 81.9 cm³/mol. The Labute approximate surface area is 124 Å². The maximum absolute atomic E-state index is 5.46. The van der Waals surface area contributed by atoms with Gasteiger partial charge in [0.1, 0.15) is 0 Å². The summed E-state index contributed by atoms with van der Waals surface area (Å²) in [5.41, 5.74) is 1.02. The summed E-state index contributed by atoms with van der Waals surface area (Å²) >= 11 is 5.46. The second-order valence-electron chi connectivity index (χ2n) is 5.64. The lowest BCUT2D eigenvalue weighted by atomic mass is 9.93. The monoisotopic (exact) mass is 288 g/mol. The maximum atomic E-state index is 5.46. The van der Waals surface area contributed by atoms with Gasteiger partial charge in [0.25, 0.3) is 0 Å². The first-order valence-electron chi connectivity index (χ1n) is 7.29. The number of rotatable bonds is 3. The molecule has 5 heteroatoms. The third kappa shape index (κ3) is 2.20. The average molecular weight is 288 g/mol. The van der Waals surface area contributed by atoms with E-state index in [4.69, 9.17) is 12.2 Å². The van der Waals surface area contributed by atoms with Crippen molar-refractivity contribution in [3.63, 3.8) is 0 Å². The van der Waals surface area contributed by atoms with Gasteiger partial charge in [0.05, 0.1) is 0 Å². The molecule has 0 aromatic carbocycles. The Hall–Kier alpha value is -1.49. The van der Waals surface area contributed by atoms with Crippen LogP contribution in [0, 0.1) is 16.6 Å². The Morgan fingerprint density at radius 2 is 2.30 bits per heavy atom. The van der Waals surface area contributed by atoms with E-state index in [2.05, 4.69) is 33.6 Å². The first-order valence-corrected chi connectivity index (χ1v) is 7.70. The van der Waals surface area contributed by atoms with Crippen LogP contribution in [0.1, 0.15) is 39.2 Å². The van der Waals surface area contributed by atoms with Gasteiger partial charge in [0, 0.05) is 24.0 Å². The summed E-state index contributed by atoms with van der Waals surface area (Å²) in [6.45, 7) is 4.62. The van der Waals surface area contributed by atoms with E-state index in [-0.39, 0.29) is 0 Å². The van der Waals surface area contributed by atoms with E-state index in [9.17, 15) is 0 Å². The highest BCUT2D eigenvalue weighted by atomic mass is 32.1. The molecule has 1 aliphatic carbocycles. The Morgan fingerprint density at radius 1 is 1.45 bits per heavy atom. The summed E-state index contributed by atoms with van der Waals surface area (Å²) in [6.07, 6.45) is 7.33. The summed E-state index contributed by atoms with van der Waals surface area (Å²) in [4.78, 5) is 4.19. The van der Waals surface area contributed by atoms with Gasteiger partial charge in [-0.15, -0.1) is 0 Å². The van der Waals surface area contributed by atoms with Crippen LogP contribution in [0.25, 0.3) is 11.4 Å². The van der Waals surface area contributed by atoms with E-state index >= 15 is 0 Å². The number of nitrogens with zero attached hydrogens (tertiary/aromatic N) is 3. The van der Waals surface area contributed by atoms with Gasteiger partial charge < -0.3 is 0 Å². The fourth-order valence-corrected chi connectivity index (χ4v) is 3.74. The highest BCUT2D eigenvalue weighted by molar-refractivity contribution is 7.71. The molecule has 4 nitrogen and oxygen atoms in total. The van der Waals surface area contributed by atoms with Gasteiger partial charge in [-0.3, -0.25) is 14.6 Å². The summed E-state index contributed by atoms with van der Waals surface area (Å²) in [5, 5.41) is 7.38. The molecule has 1 fully saturated rings. The van der Waals surface area contributed by atoms with Crippen LogP contribution in [0.4, 0.5) is 0 Å². The van der Waals surface area contributed by atoms with Crippen LogP contribution in [0.5, 0.6) is 0 Å². The number of H-pyrrole nitrogens is 1. The molecule has 0 spiro atoms. The first kappa shape index (κ1) is 13.5. The van der Waals surface area contributed by atoms with E-state index in [1.54, 1.807) is 6.20 Å². The highest BCUT2D eigenvalue weighted by Gasteiger charge is 2.34. The van der Waals surface area contributed by atoms with E-state index in [1.165, 1.54) is 19.3 Å². The van der Waals surface area contributed by atoms with Crippen LogP contribution in [0.2, 0.25) is 0 Å². The molecule has 1 saturated carbocycles. The van der Waals surface area contributed by atoms with Crippen LogP contribution in [-0.2, 0) is 0 Å². The minimum atomic E-state index is 0.446. The van der Waals surface area contributed by atoms with Crippen molar-refractivity contribution in [3.05, 3.63) is 29.3 Å². The van der Waals surface area contributed by atoms with Crippen molar-refractivity contribution in [1.29, 1.82) is 0 Å². The lowest BCUT2D eigenvalue weighted by Crippen LogP contribution is -2.16. The van der Waals surface area contributed by atoms with Crippen LogP contribution >= 0.6 is 12.2 Å². The third-order valence-corrected chi connectivity index (χ3v) is 4.95. The molecule has 3 rings (SSSR count). The highest BCUT2D eigenvalue weighted by Crippen LogP contribution is 2.43. The molecule has 20 heavy (non-hydrogen) atoms. The van der Waals surface area contributed by atoms with Gasteiger partial charge in [-0.05, 0) is 49.0 Å². The fraction of sp³-hybridized carbons (Fsp3) is 0.533. The van der Waals surface area contributed by atoms with Gasteiger partial charge in [0.15, 0.2) is 10.6 Å². The molecule has 2 heterocycles. The minimum Gasteiger partial charge on any atom is -0.297 e.